The Bertz CT molecular complexity index is 1110. The van der Waals surface area contributed by atoms with Gasteiger partial charge in [-0.25, -0.2) is 4.39 Å². The molecule has 2 aromatic carbocycles. The fourth-order valence-electron chi connectivity index (χ4n) is 4.59. The van der Waals surface area contributed by atoms with E-state index in [1.807, 2.05) is 0 Å². The molecule has 2 aliphatic heterocycles. The number of carbonyl (C=O) groups excluding carboxylic acids is 3. The van der Waals surface area contributed by atoms with Gasteiger partial charge in [0.05, 0.1) is 23.8 Å². The van der Waals surface area contributed by atoms with Gasteiger partial charge in [-0.15, -0.1) is 0 Å². The molecular formula is C25H27ClFN3O5. The lowest BCUT2D eigenvalue weighted by molar-refractivity contribution is -0.128. The van der Waals surface area contributed by atoms with Crippen molar-refractivity contribution in [2.45, 2.75) is 24.6 Å². The molecule has 186 valence electrons. The van der Waals surface area contributed by atoms with E-state index < -0.39 is 23.5 Å². The number of piperidine rings is 1. The largest absolute Gasteiger partial charge is 0.383 e. The number of hydrogen-bond acceptors (Lipinski definition) is 5. The summed E-state index contributed by atoms with van der Waals surface area (Å²) in [5.41, 5.74) is -0.566. The van der Waals surface area contributed by atoms with Crippen molar-refractivity contribution in [1.29, 1.82) is 0 Å². The molecule has 4 rings (SSSR count). The summed E-state index contributed by atoms with van der Waals surface area (Å²) in [6, 6.07) is 11.3. The Balaban J connectivity index is 1.57. The van der Waals surface area contributed by atoms with Crippen molar-refractivity contribution >= 4 is 29.3 Å². The first kappa shape index (κ1) is 25.1. The number of benzene rings is 2. The van der Waals surface area contributed by atoms with Crippen LogP contribution in [0.3, 0.4) is 0 Å². The lowest BCUT2D eigenvalue weighted by Crippen LogP contribution is -2.60. The minimum Gasteiger partial charge on any atom is -0.383 e. The molecule has 1 spiro atoms. The van der Waals surface area contributed by atoms with Gasteiger partial charge in [0.15, 0.2) is 0 Å². The van der Waals surface area contributed by atoms with Crippen molar-refractivity contribution in [3.8, 4) is 0 Å². The van der Waals surface area contributed by atoms with Gasteiger partial charge in [-0.2, -0.15) is 0 Å². The zero-order valence-electron chi connectivity index (χ0n) is 19.3. The number of nitrogens with zero attached hydrogens (tertiary/aromatic N) is 2. The number of ether oxygens (including phenoxy) is 2. The predicted octanol–water partition coefficient (Wildman–Crippen LogP) is 2.72. The number of likely N-dealkylation sites (tertiary alicyclic amines) is 1. The molecule has 0 saturated carbocycles. The summed E-state index contributed by atoms with van der Waals surface area (Å²) in [5.74, 6) is -1.63. The monoisotopic (exact) mass is 503 g/mol. The molecule has 2 aromatic rings. The number of carbonyl (C=O) groups is 3. The molecule has 2 fully saturated rings. The standard InChI is InChI=1S/C25H27ClFN3O5/c1-34-14-11-28-22(31)21-16-35-25(30(21)23(32)17-5-4-6-18(27)15-17)9-12-29(13-10-25)24(33)19-7-2-3-8-20(19)26/h2-8,15,21H,9-14,16H2,1H3,(H,28,31). The van der Waals surface area contributed by atoms with Gasteiger partial charge in [-0.3, -0.25) is 19.3 Å². The third-order valence-corrected chi connectivity index (χ3v) is 6.72. The van der Waals surface area contributed by atoms with Crippen molar-refractivity contribution < 1.29 is 28.2 Å². The van der Waals surface area contributed by atoms with E-state index in [1.165, 1.54) is 30.2 Å². The van der Waals surface area contributed by atoms with Crippen LogP contribution in [0.5, 0.6) is 0 Å². The van der Waals surface area contributed by atoms with Crippen molar-refractivity contribution in [3.05, 3.63) is 70.5 Å². The maximum Gasteiger partial charge on any atom is 0.256 e. The van der Waals surface area contributed by atoms with Gasteiger partial charge in [0, 0.05) is 45.1 Å². The van der Waals surface area contributed by atoms with Crippen LogP contribution in [0, 0.1) is 5.82 Å². The first-order chi connectivity index (χ1) is 16.9. The van der Waals surface area contributed by atoms with Gasteiger partial charge in [-0.1, -0.05) is 29.8 Å². The zero-order chi connectivity index (χ0) is 25.0. The Hall–Kier alpha value is -3.01. The lowest BCUT2D eigenvalue weighted by Gasteiger charge is -2.44. The normalized spacial score (nSPS) is 19.1. The number of amides is 3. The van der Waals surface area contributed by atoms with Crippen LogP contribution < -0.4 is 5.32 Å². The first-order valence-electron chi connectivity index (χ1n) is 11.4. The van der Waals surface area contributed by atoms with Crippen molar-refractivity contribution in [2.75, 3.05) is 40.0 Å². The van der Waals surface area contributed by atoms with Crippen LogP contribution in [0.1, 0.15) is 33.6 Å². The molecule has 8 nitrogen and oxygen atoms in total. The van der Waals surface area contributed by atoms with Gasteiger partial charge in [0.2, 0.25) is 5.91 Å². The number of nitrogens with one attached hydrogen (secondary N) is 1. The highest BCUT2D eigenvalue weighted by molar-refractivity contribution is 6.33. The summed E-state index contributed by atoms with van der Waals surface area (Å²) in [4.78, 5) is 42.6. The first-order valence-corrected chi connectivity index (χ1v) is 11.8. The predicted molar refractivity (Wildman–Crippen MR) is 127 cm³/mol. The zero-order valence-corrected chi connectivity index (χ0v) is 20.1. The number of rotatable bonds is 6. The summed E-state index contributed by atoms with van der Waals surface area (Å²) in [6.45, 7) is 1.20. The van der Waals surface area contributed by atoms with E-state index in [2.05, 4.69) is 5.32 Å². The highest BCUT2D eigenvalue weighted by Gasteiger charge is 2.54. The van der Waals surface area contributed by atoms with Gasteiger partial charge >= 0.3 is 0 Å². The molecule has 1 atom stereocenters. The number of halogens is 2. The Labute approximate surface area is 207 Å². The van der Waals surface area contributed by atoms with E-state index in [0.29, 0.717) is 43.1 Å². The molecule has 2 aliphatic rings. The number of methoxy groups -OCH3 is 1. The molecular weight excluding hydrogens is 477 g/mol. The molecule has 0 aliphatic carbocycles. The molecule has 2 saturated heterocycles. The smallest absolute Gasteiger partial charge is 0.256 e. The molecule has 0 aromatic heterocycles. The highest BCUT2D eigenvalue weighted by Crippen LogP contribution is 2.39. The van der Waals surface area contributed by atoms with Crippen molar-refractivity contribution in [2.24, 2.45) is 0 Å². The highest BCUT2D eigenvalue weighted by atomic mass is 35.5. The van der Waals surface area contributed by atoms with E-state index >= 15 is 0 Å². The van der Waals surface area contributed by atoms with Crippen LogP contribution in [-0.4, -0.2) is 79.2 Å². The lowest BCUT2D eigenvalue weighted by atomic mass is 9.96. The summed E-state index contributed by atoms with van der Waals surface area (Å²) >= 11 is 6.20. The summed E-state index contributed by atoms with van der Waals surface area (Å²) < 4.78 is 25.0. The second-order valence-electron chi connectivity index (χ2n) is 8.51. The number of hydrogen-bond donors (Lipinski definition) is 1. The van der Waals surface area contributed by atoms with Crippen LogP contribution in [0.15, 0.2) is 48.5 Å². The average Bonchev–Trinajstić information content (AvgIpc) is 3.22. The van der Waals surface area contributed by atoms with Crippen LogP contribution >= 0.6 is 11.6 Å². The van der Waals surface area contributed by atoms with Gasteiger partial charge in [-0.05, 0) is 30.3 Å². The molecule has 0 bridgehead atoms. The van der Waals surface area contributed by atoms with E-state index in [9.17, 15) is 18.8 Å². The van der Waals surface area contributed by atoms with Crippen LogP contribution in [0.2, 0.25) is 5.02 Å². The fraction of sp³-hybridized carbons (Fsp3) is 0.400. The van der Waals surface area contributed by atoms with Crippen molar-refractivity contribution in [1.82, 2.24) is 15.1 Å². The van der Waals surface area contributed by atoms with Crippen LogP contribution in [0.25, 0.3) is 0 Å². The van der Waals surface area contributed by atoms with E-state index in [-0.39, 0.29) is 30.5 Å². The maximum absolute atomic E-state index is 13.9. The molecule has 1 unspecified atom stereocenters. The van der Waals surface area contributed by atoms with Crippen molar-refractivity contribution in [3.63, 3.8) is 0 Å². The Kier molecular flexibility index (Phi) is 7.69. The second-order valence-corrected chi connectivity index (χ2v) is 8.92. The topological polar surface area (TPSA) is 88.2 Å². The van der Waals surface area contributed by atoms with Gasteiger partial charge < -0.3 is 19.7 Å². The molecule has 10 heteroatoms. The third kappa shape index (κ3) is 5.17. The average molecular weight is 504 g/mol. The molecule has 0 radical (unpaired) electrons. The Morgan fingerprint density at radius 2 is 1.89 bits per heavy atom. The molecule has 35 heavy (non-hydrogen) atoms. The third-order valence-electron chi connectivity index (χ3n) is 6.40. The van der Waals surface area contributed by atoms with Gasteiger partial charge in [0.1, 0.15) is 17.6 Å². The summed E-state index contributed by atoms with van der Waals surface area (Å²) in [5, 5.41) is 3.13. The van der Waals surface area contributed by atoms with Crippen LogP contribution in [0.4, 0.5) is 4.39 Å². The van der Waals surface area contributed by atoms with Gasteiger partial charge in [0.25, 0.3) is 11.8 Å². The summed E-state index contributed by atoms with van der Waals surface area (Å²) in [6.07, 6.45) is 0.595. The molecule has 2 heterocycles. The minimum atomic E-state index is -1.09. The Morgan fingerprint density at radius 3 is 2.57 bits per heavy atom. The second kappa shape index (κ2) is 10.7. The Morgan fingerprint density at radius 1 is 1.14 bits per heavy atom. The molecule has 1 N–H and O–H groups in total. The fourth-order valence-corrected chi connectivity index (χ4v) is 4.80. The van der Waals surface area contributed by atoms with E-state index in [0.717, 1.165) is 6.07 Å². The quantitative estimate of drug-likeness (QED) is 0.612. The minimum absolute atomic E-state index is 0.00166. The van der Waals surface area contributed by atoms with Crippen LogP contribution in [-0.2, 0) is 14.3 Å². The molecule has 3 amide bonds. The summed E-state index contributed by atoms with van der Waals surface area (Å²) in [7, 11) is 1.53. The van der Waals surface area contributed by atoms with E-state index in [1.54, 1.807) is 29.2 Å². The van der Waals surface area contributed by atoms with E-state index in [4.69, 9.17) is 21.1 Å². The maximum atomic E-state index is 13.9. The SMILES string of the molecule is COCCNC(=O)C1COC2(CCN(C(=O)c3ccccc3Cl)CC2)N1C(=O)c1cccc(F)c1.